The number of nitrogens with zero attached hydrogens (tertiary/aromatic N) is 1. The van der Waals surface area contributed by atoms with Gasteiger partial charge in [0.2, 0.25) is 5.91 Å². The molecule has 0 radical (unpaired) electrons. The summed E-state index contributed by atoms with van der Waals surface area (Å²) >= 11 is 0. The molecule has 0 saturated carbocycles. The predicted octanol–water partition coefficient (Wildman–Crippen LogP) is 2.70. The van der Waals surface area contributed by atoms with Gasteiger partial charge in [0.15, 0.2) is 0 Å². The summed E-state index contributed by atoms with van der Waals surface area (Å²) in [6, 6.07) is 17.4. The Balaban J connectivity index is 1.94. The smallest absolute Gasteiger partial charge is 0.243 e. The first-order valence-electron chi connectivity index (χ1n) is 7.19. The molecule has 21 heavy (non-hydrogen) atoms. The van der Waals surface area contributed by atoms with Crippen molar-refractivity contribution in [2.24, 2.45) is 5.73 Å². The molecular formula is C18H22N2O. The third-order valence-corrected chi connectivity index (χ3v) is 3.66. The van der Waals surface area contributed by atoms with Crippen LogP contribution in [0.1, 0.15) is 22.7 Å². The van der Waals surface area contributed by atoms with E-state index < -0.39 is 6.04 Å². The molecule has 0 aromatic heterocycles. The number of likely N-dealkylation sites (N-methyl/N-ethyl adjacent to an activating group) is 1. The second kappa shape index (κ2) is 7.04. The second-order valence-electron chi connectivity index (χ2n) is 5.38. The van der Waals surface area contributed by atoms with E-state index in [0.29, 0.717) is 6.54 Å². The first-order chi connectivity index (χ1) is 10.1. The highest BCUT2D eigenvalue weighted by molar-refractivity contribution is 5.82. The van der Waals surface area contributed by atoms with Crippen molar-refractivity contribution in [2.45, 2.75) is 19.4 Å². The molecule has 0 heterocycles. The molecule has 2 aromatic rings. The fourth-order valence-electron chi connectivity index (χ4n) is 2.21. The Morgan fingerprint density at radius 3 is 2.33 bits per heavy atom. The number of amides is 1. The lowest BCUT2D eigenvalue weighted by Crippen LogP contribution is -2.37. The highest BCUT2D eigenvalue weighted by Crippen LogP contribution is 2.14. The molecule has 3 heteroatoms. The minimum absolute atomic E-state index is 0.0465. The predicted molar refractivity (Wildman–Crippen MR) is 85.9 cm³/mol. The van der Waals surface area contributed by atoms with Gasteiger partial charge in [0.1, 0.15) is 6.04 Å². The number of carbonyl (C=O) groups excluding carboxylic acids is 1. The number of benzene rings is 2. The van der Waals surface area contributed by atoms with Crippen molar-refractivity contribution in [3.63, 3.8) is 0 Å². The van der Waals surface area contributed by atoms with Crippen LogP contribution in [0.5, 0.6) is 0 Å². The van der Waals surface area contributed by atoms with E-state index in [1.54, 1.807) is 11.9 Å². The molecule has 110 valence electrons. The maximum absolute atomic E-state index is 12.4. The van der Waals surface area contributed by atoms with E-state index >= 15 is 0 Å². The number of nitrogens with two attached hydrogens (primary N) is 1. The van der Waals surface area contributed by atoms with E-state index in [0.717, 1.165) is 17.5 Å². The van der Waals surface area contributed by atoms with Crippen molar-refractivity contribution in [1.82, 2.24) is 4.90 Å². The monoisotopic (exact) mass is 282 g/mol. The molecule has 0 aliphatic heterocycles. The van der Waals surface area contributed by atoms with Crippen molar-refractivity contribution >= 4 is 5.91 Å². The zero-order valence-electron chi connectivity index (χ0n) is 12.6. The number of hydrogen-bond donors (Lipinski definition) is 1. The summed E-state index contributed by atoms with van der Waals surface area (Å²) in [6.45, 7) is 2.69. The Labute approximate surface area is 126 Å². The lowest BCUT2D eigenvalue weighted by atomic mass is 10.0. The van der Waals surface area contributed by atoms with E-state index in [1.807, 2.05) is 49.4 Å². The summed E-state index contributed by atoms with van der Waals surface area (Å²) in [5, 5.41) is 0. The van der Waals surface area contributed by atoms with Crippen LogP contribution in [0.25, 0.3) is 0 Å². The molecule has 2 aromatic carbocycles. The third-order valence-electron chi connectivity index (χ3n) is 3.66. The summed E-state index contributed by atoms with van der Waals surface area (Å²) in [5.41, 5.74) is 9.31. The van der Waals surface area contributed by atoms with E-state index in [4.69, 9.17) is 5.73 Å². The molecule has 0 aliphatic carbocycles. The zero-order chi connectivity index (χ0) is 15.2. The summed E-state index contributed by atoms with van der Waals surface area (Å²) in [6.07, 6.45) is 0.837. The van der Waals surface area contributed by atoms with Crippen LogP contribution in [-0.4, -0.2) is 24.4 Å². The number of hydrogen-bond acceptors (Lipinski definition) is 2. The average molecular weight is 282 g/mol. The van der Waals surface area contributed by atoms with Crippen LogP contribution in [-0.2, 0) is 11.2 Å². The van der Waals surface area contributed by atoms with Crippen molar-refractivity contribution in [3.05, 3.63) is 71.3 Å². The third kappa shape index (κ3) is 4.17. The minimum Gasteiger partial charge on any atom is -0.344 e. The van der Waals surface area contributed by atoms with Crippen LogP contribution >= 0.6 is 0 Å². The maximum atomic E-state index is 12.4. The van der Waals surface area contributed by atoms with Crippen molar-refractivity contribution in [2.75, 3.05) is 13.6 Å². The Bertz CT molecular complexity index is 578. The fraction of sp³-hybridized carbons (Fsp3) is 0.278. The van der Waals surface area contributed by atoms with Gasteiger partial charge in [-0.05, 0) is 24.5 Å². The lowest BCUT2D eigenvalue weighted by Gasteiger charge is -2.21. The van der Waals surface area contributed by atoms with Crippen LogP contribution < -0.4 is 5.73 Å². The average Bonchev–Trinajstić information content (AvgIpc) is 2.53. The quantitative estimate of drug-likeness (QED) is 0.916. The van der Waals surface area contributed by atoms with Gasteiger partial charge in [-0.2, -0.15) is 0 Å². The van der Waals surface area contributed by atoms with E-state index in [2.05, 4.69) is 12.1 Å². The minimum atomic E-state index is -0.591. The molecule has 2 rings (SSSR count). The van der Waals surface area contributed by atoms with Crippen LogP contribution in [0.3, 0.4) is 0 Å². The Morgan fingerprint density at radius 1 is 1.10 bits per heavy atom. The standard InChI is InChI=1S/C18H22N2O/c1-14-8-10-16(11-9-14)17(19)18(21)20(2)13-12-15-6-4-3-5-7-15/h3-11,17H,12-13,19H2,1-2H3. The van der Waals surface area contributed by atoms with Crippen molar-refractivity contribution in [3.8, 4) is 0 Å². The van der Waals surface area contributed by atoms with Gasteiger partial charge in [-0.25, -0.2) is 0 Å². The summed E-state index contributed by atoms with van der Waals surface area (Å²) in [5.74, 6) is -0.0465. The fourth-order valence-corrected chi connectivity index (χ4v) is 2.21. The first-order valence-corrected chi connectivity index (χ1v) is 7.19. The molecule has 3 nitrogen and oxygen atoms in total. The number of carbonyl (C=O) groups is 1. The number of rotatable bonds is 5. The molecule has 0 spiro atoms. The molecule has 1 amide bonds. The van der Waals surface area contributed by atoms with Crippen LogP contribution in [0.4, 0.5) is 0 Å². The summed E-state index contributed by atoms with van der Waals surface area (Å²) in [7, 11) is 1.80. The molecular weight excluding hydrogens is 260 g/mol. The Hall–Kier alpha value is -2.13. The van der Waals surface area contributed by atoms with Gasteiger partial charge in [-0.15, -0.1) is 0 Å². The second-order valence-corrected chi connectivity index (χ2v) is 5.38. The molecule has 0 saturated heterocycles. The van der Waals surface area contributed by atoms with Gasteiger partial charge in [-0.3, -0.25) is 4.79 Å². The van der Waals surface area contributed by atoms with E-state index in [9.17, 15) is 4.79 Å². The molecule has 0 aliphatic rings. The lowest BCUT2D eigenvalue weighted by molar-refractivity contribution is -0.131. The maximum Gasteiger partial charge on any atom is 0.243 e. The highest BCUT2D eigenvalue weighted by atomic mass is 16.2. The van der Waals surface area contributed by atoms with Gasteiger partial charge in [0.25, 0.3) is 0 Å². The normalized spacial score (nSPS) is 12.0. The molecule has 1 atom stereocenters. The Morgan fingerprint density at radius 2 is 1.71 bits per heavy atom. The topological polar surface area (TPSA) is 46.3 Å². The van der Waals surface area contributed by atoms with Gasteiger partial charge in [0.05, 0.1) is 0 Å². The van der Waals surface area contributed by atoms with Crippen molar-refractivity contribution < 1.29 is 4.79 Å². The van der Waals surface area contributed by atoms with Crippen LogP contribution in [0.15, 0.2) is 54.6 Å². The van der Waals surface area contributed by atoms with Gasteiger partial charge in [-0.1, -0.05) is 60.2 Å². The van der Waals surface area contributed by atoms with Gasteiger partial charge < -0.3 is 10.6 Å². The van der Waals surface area contributed by atoms with Crippen LogP contribution in [0.2, 0.25) is 0 Å². The highest BCUT2D eigenvalue weighted by Gasteiger charge is 2.19. The summed E-state index contributed by atoms with van der Waals surface area (Å²) in [4.78, 5) is 14.1. The zero-order valence-corrected chi connectivity index (χ0v) is 12.6. The molecule has 2 N–H and O–H groups in total. The summed E-state index contributed by atoms with van der Waals surface area (Å²) < 4.78 is 0. The Kier molecular flexibility index (Phi) is 5.12. The molecule has 1 unspecified atom stereocenters. The SMILES string of the molecule is Cc1ccc(C(N)C(=O)N(C)CCc2ccccc2)cc1. The number of aryl methyl sites for hydroxylation is 1. The largest absolute Gasteiger partial charge is 0.344 e. The molecule has 0 fully saturated rings. The van der Waals surface area contributed by atoms with Gasteiger partial charge >= 0.3 is 0 Å². The van der Waals surface area contributed by atoms with E-state index in [1.165, 1.54) is 5.56 Å². The van der Waals surface area contributed by atoms with Crippen LogP contribution in [0, 0.1) is 6.92 Å². The van der Waals surface area contributed by atoms with Crippen molar-refractivity contribution in [1.29, 1.82) is 0 Å². The van der Waals surface area contributed by atoms with E-state index in [-0.39, 0.29) is 5.91 Å². The molecule has 0 bridgehead atoms. The first kappa shape index (κ1) is 15.3. The van der Waals surface area contributed by atoms with Gasteiger partial charge in [0, 0.05) is 13.6 Å².